The summed E-state index contributed by atoms with van der Waals surface area (Å²) in [7, 11) is 0. The van der Waals surface area contributed by atoms with Crippen molar-refractivity contribution < 1.29 is 0 Å². The number of rotatable bonds is 4. The van der Waals surface area contributed by atoms with E-state index in [1.165, 1.54) is 6.42 Å². The number of anilines is 1. The van der Waals surface area contributed by atoms with Crippen molar-refractivity contribution in [2.75, 3.05) is 5.73 Å². The van der Waals surface area contributed by atoms with E-state index in [9.17, 15) is 0 Å². The summed E-state index contributed by atoms with van der Waals surface area (Å²) in [6.07, 6.45) is 5.88. The zero-order chi connectivity index (χ0) is 11.5. The Morgan fingerprint density at radius 2 is 2.31 bits per heavy atom. The molecule has 0 aromatic carbocycles. The molecular formula is C11H17N5. The van der Waals surface area contributed by atoms with Gasteiger partial charge in [0.1, 0.15) is 5.52 Å². The second kappa shape index (κ2) is 4.47. The van der Waals surface area contributed by atoms with Crippen LogP contribution in [0.2, 0.25) is 0 Å². The molecule has 1 unspecified atom stereocenters. The van der Waals surface area contributed by atoms with Crippen LogP contribution in [0.3, 0.4) is 0 Å². The van der Waals surface area contributed by atoms with Gasteiger partial charge < -0.3 is 10.3 Å². The molecule has 2 heterocycles. The lowest BCUT2D eigenvalue weighted by atomic mass is 10.1. The van der Waals surface area contributed by atoms with Crippen LogP contribution in [0.15, 0.2) is 12.5 Å². The number of nitrogens with two attached hydrogens (primary N) is 1. The quantitative estimate of drug-likeness (QED) is 0.851. The Balaban J connectivity index is 2.22. The van der Waals surface area contributed by atoms with E-state index in [2.05, 4.69) is 33.6 Å². The van der Waals surface area contributed by atoms with Gasteiger partial charge in [0.2, 0.25) is 0 Å². The van der Waals surface area contributed by atoms with Gasteiger partial charge in [-0.15, -0.1) is 5.10 Å². The van der Waals surface area contributed by atoms with Gasteiger partial charge in [0.25, 0.3) is 0 Å². The second-order valence-corrected chi connectivity index (χ2v) is 4.20. The van der Waals surface area contributed by atoms with Crippen LogP contribution in [0.25, 0.3) is 11.0 Å². The molecular weight excluding hydrogens is 202 g/mol. The van der Waals surface area contributed by atoms with Crippen molar-refractivity contribution in [3.63, 3.8) is 0 Å². The predicted octanol–water partition coefficient (Wildman–Crippen LogP) is 1.84. The number of nitrogens with zero attached hydrogens (tertiary/aromatic N) is 4. The van der Waals surface area contributed by atoms with Crippen LogP contribution in [0.5, 0.6) is 0 Å². The molecule has 0 aliphatic rings. The van der Waals surface area contributed by atoms with Crippen molar-refractivity contribution in [1.29, 1.82) is 0 Å². The van der Waals surface area contributed by atoms with Crippen molar-refractivity contribution in [1.82, 2.24) is 19.7 Å². The lowest BCUT2D eigenvalue weighted by Gasteiger charge is -2.09. The minimum atomic E-state index is 0.403. The summed E-state index contributed by atoms with van der Waals surface area (Å²) >= 11 is 0. The van der Waals surface area contributed by atoms with Crippen LogP contribution in [0.1, 0.15) is 26.7 Å². The van der Waals surface area contributed by atoms with E-state index in [1.54, 1.807) is 6.20 Å². The fourth-order valence-electron chi connectivity index (χ4n) is 1.66. The van der Waals surface area contributed by atoms with Crippen molar-refractivity contribution in [2.45, 2.75) is 33.2 Å². The normalized spacial score (nSPS) is 13.1. The van der Waals surface area contributed by atoms with E-state index < -0.39 is 0 Å². The van der Waals surface area contributed by atoms with Gasteiger partial charge in [-0.2, -0.15) is 5.10 Å². The van der Waals surface area contributed by atoms with E-state index in [4.69, 9.17) is 5.73 Å². The molecule has 86 valence electrons. The minimum absolute atomic E-state index is 0.403. The molecule has 0 radical (unpaired) electrons. The largest absolute Gasteiger partial charge is 0.380 e. The molecule has 0 fully saturated rings. The molecule has 0 amide bonds. The topological polar surface area (TPSA) is 69.6 Å². The average Bonchev–Trinajstić information content (AvgIpc) is 2.70. The smallest absolute Gasteiger partial charge is 0.174 e. The van der Waals surface area contributed by atoms with Crippen LogP contribution in [-0.2, 0) is 6.54 Å². The van der Waals surface area contributed by atoms with Gasteiger partial charge in [0, 0.05) is 6.54 Å². The highest BCUT2D eigenvalue weighted by molar-refractivity contribution is 5.83. The molecule has 1 atom stereocenters. The number of hydrogen-bond acceptors (Lipinski definition) is 4. The van der Waals surface area contributed by atoms with Gasteiger partial charge in [-0.3, -0.25) is 0 Å². The van der Waals surface area contributed by atoms with Crippen LogP contribution >= 0.6 is 0 Å². The summed E-state index contributed by atoms with van der Waals surface area (Å²) in [6.45, 7) is 5.42. The zero-order valence-corrected chi connectivity index (χ0v) is 9.72. The molecule has 5 nitrogen and oxygen atoms in total. The second-order valence-electron chi connectivity index (χ2n) is 4.20. The Morgan fingerprint density at radius 3 is 3.06 bits per heavy atom. The molecule has 0 bridgehead atoms. The van der Waals surface area contributed by atoms with Crippen LogP contribution in [0.4, 0.5) is 5.82 Å². The summed E-state index contributed by atoms with van der Waals surface area (Å²) in [4.78, 5) is 4.26. The van der Waals surface area contributed by atoms with Crippen molar-refractivity contribution in [2.24, 2.45) is 5.92 Å². The van der Waals surface area contributed by atoms with Crippen molar-refractivity contribution in [3.05, 3.63) is 12.5 Å². The SMILES string of the molecule is CCC(C)CCn1cnc2c(N)nncc21. The summed E-state index contributed by atoms with van der Waals surface area (Å²) in [6, 6.07) is 0. The third-order valence-corrected chi connectivity index (χ3v) is 3.03. The van der Waals surface area contributed by atoms with Crippen molar-refractivity contribution >= 4 is 16.9 Å². The fraction of sp³-hybridized carbons (Fsp3) is 0.545. The molecule has 2 aromatic heterocycles. The maximum Gasteiger partial charge on any atom is 0.174 e. The van der Waals surface area contributed by atoms with Crippen LogP contribution in [-0.4, -0.2) is 19.7 Å². The summed E-state index contributed by atoms with van der Waals surface area (Å²) in [5, 5.41) is 7.64. The molecule has 0 saturated carbocycles. The van der Waals surface area contributed by atoms with Gasteiger partial charge in [0.15, 0.2) is 5.82 Å². The molecule has 0 spiro atoms. The van der Waals surface area contributed by atoms with Gasteiger partial charge in [-0.05, 0) is 12.3 Å². The van der Waals surface area contributed by atoms with E-state index in [-0.39, 0.29) is 0 Å². The third-order valence-electron chi connectivity index (χ3n) is 3.03. The first-order chi connectivity index (χ1) is 7.72. The van der Waals surface area contributed by atoms with Gasteiger partial charge in [0.05, 0.1) is 18.0 Å². The molecule has 16 heavy (non-hydrogen) atoms. The first kappa shape index (κ1) is 10.9. The number of imidazole rings is 1. The first-order valence-corrected chi connectivity index (χ1v) is 5.64. The van der Waals surface area contributed by atoms with E-state index >= 15 is 0 Å². The highest BCUT2D eigenvalue weighted by Gasteiger charge is 2.07. The van der Waals surface area contributed by atoms with E-state index in [0.717, 1.165) is 29.9 Å². The molecule has 0 saturated heterocycles. The summed E-state index contributed by atoms with van der Waals surface area (Å²) < 4.78 is 2.09. The highest BCUT2D eigenvalue weighted by atomic mass is 15.2. The van der Waals surface area contributed by atoms with Crippen molar-refractivity contribution in [3.8, 4) is 0 Å². The molecule has 5 heteroatoms. The van der Waals surface area contributed by atoms with Crippen LogP contribution < -0.4 is 5.73 Å². The number of fused-ring (bicyclic) bond motifs is 1. The van der Waals surface area contributed by atoms with Gasteiger partial charge >= 0.3 is 0 Å². The Morgan fingerprint density at radius 1 is 1.50 bits per heavy atom. The first-order valence-electron chi connectivity index (χ1n) is 5.64. The monoisotopic (exact) mass is 219 g/mol. The van der Waals surface area contributed by atoms with Crippen LogP contribution in [0, 0.1) is 5.92 Å². The standard InChI is InChI=1S/C11H17N5/c1-3-8(2)4-5-16-7-13-10-9(16)6-14-15-11(10)12/h6-8H,3-5H2,1-2H3,(H2,12,15). The Labute approximate surface area is 94.7 Å². The average molecular weight is 219 g/mol. The molecule has 0 aliphatic heterocycles. The van der Waals surface area contributed by atoms with E-state index in [1.807, 2.05) is 6.33 Å². The highest BCUT2D eigenvalue weighted by Crippen LogP contribution is 2.17. The Hall–Kier alpha value is -1.65. The third kappa shape index (κ3) is 1.98. The number of aryl methyl sites for hydroxylation is 1. The number of hydrogen-bond donors (Lipinski definition) is 1. The summed E-state index contributed by atoms with van der Waals surface area (Å²) in [5.41, 5.74) is 7.42. The van der Waals surface area contributed by atoms with E-state index in [0.29, 0.717) is 5.82 Å². The Kier molecular flexibility index (Phi) is 3.03. The zero-order valence-electron chi connectivity index (χ0n) is 9.72. The lowest BCUT2D eigenvalue weighted by Crippen LogP contribution is -2.02. The predicted molar refractivity (Wildman–Crippen MR) is 63.8 cm³/mol. The Bertz CT molecular complexity index is 476. The molecule has 2 aromatic rings. The maximum absolute atomic E-state index is 5.70. The number of nitrogen functional groups attached to an aromatic ring is 1. The lowest BCUT2D eigenvalue weighted by molar-refractivity contribution is 0.473. The van der Waals surface area contributed by atoms with Gasteiger partial charge in [-0.25, -0.2) is 4.98 Å². The molecule has 2 N–H and O–H groups in total. The maximum atomic E-state index is 5.70. The van der Waals surface area contributed by atoms with Gasteiger partial charge in [-0.1, -0.05) is 20.3 Å². The minimum Gasteiger partial charge on any atom is -0.380 e. The number of aromatic nitrogens is 4. The molecule has 2 rings (SSSR count). The fourth-order valence-corrected chi connectivity index (χ4v) is 1.66. The summed E-state index contributed by atoms with van der Waals surface area (Å²) in [5.74, 6) is 1.13. The molecule has 0 aliphatic carbocycles.